The van der Waals surface area contributed by atoms with Crippen molar-refractivity contribution in [3.8, 4) is 0 Å². The monoisotopic (exact) mass is 324 g/mol. The molecule has 18 heavy (non-hydrogen) atoms. The molecule has 94 valence electrons. The van der Waals surface area contributed by atoms with Crippen LogP contribution in [-0.4, -0.2) is 22.8 Å². The van der Waals surface area contributed by atoms with Crippen LogP contribution in [0, 0.1) is 6.92 Å². The molecule has 2 heterocycles. The highest BCUT2D eigenvalue weighted by molar-refractivity contribution is 9.10. The summed E-state index contributed by atoms with van der Waals surface area (Å²) in [5, 5.41) is 2.04. The topological polar surface area (TPSA) is 33.2 Å². The first-order valence-corrected chi connectivity index (χ1v) is 7.16. The summed E-state index contributed by atoms with van der Waals surface area (Å²) in [4.78, 5) is 19.3. The number of carbonyl (C=O) groups excluding carboxylic acids is 1. The normalized spacial score (nSPS) is 10.4. The molecule has 0 aliphatic rings. The molecular formula is C13H13BrN2OS. The van der Waals surface area contributed by atoms with Crippen molar-refractivity contribution in [3.63, 3.8) is 0 Å². The van der Waals surface area contributed by atoms with Crippen LogP contribution in [0.25, 0.3) is 0 Å². The Labute approximate surface area is 119 Å². The number of rotatable bonds is 3. The van der Waals surface area contributed by atoms with Gasteiger partial charge < -0.3 is 4.90 Å². The Morgan fingerprint density at radius 1 is 1.44 bits per heavy atom. The molecule has 0 unspecified atom stereocenters. The van der Waals surface area contributed by atoms with E-state index in [2.05, 4.69) is 33.9 Å². The predicted molar refractivity (Wildman–Crippen MR) is 76.8 cm³/mol. The third kappa shape index (κ3) is 2.97. The summed E-state index contributed by atoms with van der Waals surface area (Å²) in [6, 6.07) is 7.41. The molecule has 0 aliphatic heterocycles. The van der Waals surface area contributed by atoms with Gasteiger partial charge in [-0.1, -0.05) is 6.07 Å². The third-order valence-corrected chi connectivity index (χ3v) is 4.08. The number of aryl methyl sites for hydroxylation is 1. The maximum Gasteiger partial charge on any atom is 0.272 e. The van der Waals surface area contributed by atoms with Gasteiger partial charge in [0.2, 0.25) is 0 Å². The number of amides is 1. The van der Waals surface area contributed by atoms with Crippen LogP contribution in [0.4, 0.5) is 0 Å². The molecule has 2 rings (SSSR count). The molecule has 0 saturated carbocycles. The number of pyridine rings is 1. The van der Waals surface area contributed by atoms with Crippen LogP contribution in [0.5, 0.6) is 0 Å². The van der Waals surface area contributed by atoms with Crippen LogP contribution in [-0.2, 0) is 6.54 Å². The van der Waals surface area contributed by atoms with Gasteiger partial charge in [-0.25, -0.2) is 4.98 Å². The van der Waals surface area contributed by atoms with Gasteiger partial charge in [-0.15, -0.1) is 11.3 Å². The summed E-state index contributed by atoms with van der Waals surface area (Å²) >= 11 is 4.94. The lowest BCUT2D eigenvalue weighted by atomic mass is 10.2. The molecule has 0 N–H and O–H groups in total. The van der Waals surface area contributed by atoms with E-state index in [-0.39, 0.29) is 5.91 Å². The number of carbonyl (C=O) groups is 1. The Morgan fingerprint density at radius 2 is 2.22 bits per heavy atom. The second kappa shape index (κ2) is 5.63. The van der Waals surface area contributed by atoms with Crippen molar-refractivity contribution in [2.24, 2.45) is 0 Å². The van der Waals surface area contributed by atoms with E-state index < -0.39 is 0 Å². The Balaban J connectivity index is 2.12. The van der Waals surface area contributed by atoms with Crippen molar-refractivity contribution >= 4 is 33.2 Å². The van der Waals surface area contributed by atoms with Crippen LogP contribution < -0.4 is 0 Å². The number of hydrogen-bond acceptors (Lipinski definition) is 3. The molecule has 0 saturated heterocycles. The quantitative estimate of drug-likeness (QED) is 0.810. The zero-order valence-electron chi connectivity index (χ0n) is 10.2. The average Bonchev–Trinajstić information content (AvgIpc) is 2.74. The Bertz CT molecular complexity index is 568. The first-order valence-electron chi connectivity index (χ1n) is 5.49. The predicted octanol–water partition coefficient (Wildman–Crippen LogP) is 3.49. The van der Waals surface area contributed by atoms with Crippen molar-refractivity contribution in [1.82, 2.24) is 9.88 Å². The van der Waals surface area contributed by atoms with Gasteiger partial charge in [-0.05, 0) is 52.0 Å². The zero-order chi connectivity index (χ0) is 13.1. The minimum Gasteiger partial charge on any atom is -0.335 e. The minimum atomic E-state index is -0.0656. The smallest absolute Gasteiger partial charge is 0.272 e. The van der Waals surface area contributed by atoms with E-state index in [0.29, 0.717) is 16.8 Å². The summed E-state index contributed by atoms with van der Waals surface area (Å²) in [7, 11) is 1.80. The Hall–Kier alpha value is -1.20. The highest BCUT2D eigenvalue weighted by Gasteiger charge is 2.14. The second-order valence-electron chi connectivity index (χ2n) is 4.03. The number of halogens is 1. The molecule has 0 atom stereocenters. The van der Waals surface area contributed by atoms with E-state index in [1.54, 1.807) is 35.4 Å². The van der Waals surface area contributed by atoms with Crippen molar-refractivity contribution in [1.29, 1.82) is 0 Å². The van der Waals surface area contributed by atoms with Crippen LogP contribution in [0.15, 0.2) is 34.2 Å². The minimum absolute atomic E-state index is 0.0656. The van der Waals surface area contributed by atoms with E-state index >= 15 is 0 Å². The van der Waals surface area contributed by atoms with E-state index in [1.807, 2.05) is 11.4 Å². The second-order valence-corrected chi connectivity index (χ2v) is 5.85. The number of aromatic nitrogens is 1. The SMILES string of the molecule is Cc1ccsc1CN(C)C(=O)c1cccc(Br)n1. The van der Waals surface area contributed by atoms with Gasteiger partial charge >= 0.3 is 0 Å². The molecule has 5 heteroatoms. The van der Waals surface area contributed by atoms with Crippen molar-refractivity contribution < 1.29 is 4.79 Å². The fourth-order valence-electron chi connectivity index (χ4n) is 1.58. The lowest BCUT2D eigenvalue weighted by Crippen LogP contribution is -2.26. The van der Waals surface area contributed by atoms with Gasteiger partial charge in [0.25, 0.3) is 5.91 Å². The molecule has 2 aromatic heterocycles. The van der Waals surface area contributed by atoms with Gasteiger partial charge in [0, 0.05) is 11.9 Å². The van der Waals surface area contributed by atoms with E-state index in [4.69, 9.17) is 0 Å². The molecule has 1 amide bonds. The maximum absolute atomic E-state index is 12.2. The van der Waals surface area contributed by atoms with Crippen LogP contribution >= 0.6 is 27.3 Å². The summed E-state index contributed by atoms with van der Waals surface area (Å²) in [6.07, 6.45) is 0. The van der Waals surface area contributed by atoms with Gasteiger partial charge in [0.05, 0.1) is 6.54 Å². The Morgan fingerprint density at radius 3 is 2.83 bits per heavy atom. The van der Waals surface area contributed by atoms with E-state index in [9.17, 15) is 4.79 Å². The van der Waals surface area contributed by atoms with E-state index in [0.717, 1.165) is 0 Å². The molecule has 0 aliphatic carbocycles. The first-order chi connectivity index (χ1) is 8.58. The molecule has 3 nitrogen and oxygen atoms in total. The van der Waals surface area contributed by atoms with Crippen LogP contribution in [0.3, 0.4) is 0 Å². The molecule has 0 radical (unpaired) electrons. The average molecular weight is 325 g/mol. The molecular weight excluding hydrogens is 312 g/mol. The largest absolute Gasteiger partial charge is 0.335 e. The van der Waals surface area contributed by atoms with Crippen molar-refractivity contribution in [2.45, 2.75) is 13.5 Å². The molecule has 2 aromatic rings. The number of hydrogen-bond donors (Lipinski definition) is 0. The van der Waals surface area contributed by atoms with E-state index in [1.165, 1.54) is 10.4 Å². The lowest BCUT2D eigenvalue weighted by Gasteiger charge is -2.16. The van der Waals surface area contributed by atoms with Crippen molar-refractivity contribution in [2.75, 3.05) is 7.05 Å². The Kier molecular flexibility index (Phi) is 4.14. The number of nitrogens with zero attached hydrogens (tertiary/aromatic N) is 2. The standard InChI is InChI=1S/C13H13BrN2OS/c1-9-6-7-18-11(9)8-16(2)13(17)10-4-3-5-12(14)15-10/h3-7H,8H2,1-2H3. The number of thiophene rings is 1. The van der Waals surface area contributed by atoms with Gasteiger partial charge in [-0.3, -0.25) is 4.79 Å². The van der Waals surface area contributed by atoms with Gasteiger partial charge in [0.1, 0.15) is 10.3 Å². The third-order valence-electron chi connectivity index (χ3n) is 2.63. The molecule has 0 fully saturated rings. The highest BCUT2D eigenvalue weighted by Crippen LogP contribution is 2.18. The highest BCUT2D eigenvalue weighted by atomic mass is 79.9. The van der Waals surface area contributed by atoms with Gasteiger partial charge in [-0.2, -0.15) is 0 Å². The fraction of sp³-hybridized carbons (Fsp3) is 0.231. The van der Waals surface area contributed by atoms with Crippen LogP contribution in [0.2, 0.25) is 0 Å². The summed E-state index contributed by atoms with van der Waals surface area (Å²) in [6.45, 7) is 2.68. The summed E-state index contributed by atoms with van der Waals surface area (Å²) in [5.74, 6) is -0.0656. The summed E-state index contributed by atoms with van der Waals surface area (Å²) < 4.78 is 0.675. The van der Waals surface area contributed by atoms with Gasteiger partial charge in [0.15, 0.2) is 0 Å². The first kappa shape index (κ1) is 13.2. The molecule has 0 spiro atoms. The van der Waals surface area contributed by atoms with Crippen LogP contribution in [0.1, 0.15) is 20.9 Å². The maximum atomic E-state index is 12.2. The lowest BCUT2D eigenvalue weighted by molar-refractivity contribution is 0.0780. The molecule has 0 aromatic carbocycles. The van der Waals surface area contributed by atoms with Crippen molar-refractivity contribution in [3.05, 3.63) is 50.4 Å². The molecule has 0 bridgehead atoms. The zero-order valence-corrected chi connectivity index (χ0v) is 12.6. The fourth-order valence-corrected chi connectivity index (χ4v) is 2.88. The summed E-state index contributed by atoms with van der Waals surface area (Å²) in [5.41, 5.74) is 1.68.